The number of alkyl halides is 3. The Kier molecular flexibility index (Phi) is 3.82. The van der Waals surface area contributed by atoms with E-state index in [1.165, 1.54) is 0 Å². The second kappa shape index (κ2) is 4.72. The lowest BCUT2D eigenvalue weighted by atomic mass is 10.1. The van der Waals surface area contributed by atoms with Crippen molar-refractivity contribution < 1.29 is 22.7 Å². The molecule has 1 amide bonds. The maximum absolute atomic E-state index is 11.7. The number of hydrogen-bond donors (Lipinski definition) is 1. The molecule has 88 valence electrons. The minimum absolute atomic E-state index is 0.0410. The quantitative estimate of drug-likeness (QED) is 0.783. The van der Waals surface area contributed by atoms with Crippen molar-refractivity contribution in [2.45, 2.75) is 38.4 Å². The Balaban J connectivity index is 2.19. The number of carbonyl (C=O) groups is 1. The maximum atomic E-state index is 11.7. The predicted octanol–water partition coefficient (Wildman–Crippen LogP) is 2.46. The lowest BCUT2D eigenvalue weighted by molar-refractivity contribution is -0.160. The van der Waals surface area contributed by atoms with Crippen LogP contribution in [0, 0.1) is 5.92 Å². The summed E-state index contributed by atoms with van der Waals surface area (Å²) in [5.74, 6) is 0.512. The molecule has 1 saturated carbocycles. The standard InChI is InChI=1S/C9H14F3NO2/c1-6-2-3-7(4-6)13-8(14)15-5-9(10,11)12/h6-7H,2-5H2,1H3,(H,13,14). The summed E-state index contributed by atoms with van der Waals surface area (Å²) in [6.45, 7) is 0.518. The molecule has 6 heteroatoms. The topological polar surface area (TPSA) is 38.3 Å². The first kappa shape index (κ1) is 12.1. The minimum Gasteiger partial charge on any atom is -0.440 e. The van der Waals surface area contributed by atoms with Gasteiger partial charge in [0.15, 0.2) is 6.61 Å². The molecule has 0 aliphatic heterocycles. The molecule has 0 bridgehead atoms. The van der Waals surface area contributed by atoms with Gasteiger partial charge in [0.1, 0.15) is 0 Å². The summed E-state index contributed by atoms with van der Waals surface area (Å²) in [6, 6.07) is -0.0410. The molecule has 1 aliphatic rings. The number of ether oxygens (including phenoxy) is 1. The zero-order chi connectivity index (χ0) is 11.5. The van der Waals surface area contributed by atoms with Gasteiger partial charge in [-0.25, -0.2) is 4.79 Å². The molecule has 0 radical (unpaired) electrons. The molecule has 1 fully saturated rings. The van der Waals surface area contributed by atoms with Crippen LogP contribution >= 0.6 is 0 Å². The van der Waals surface area contributed by atoms with Gasteiger partial charge >= 0.3 is 12.3 Å². The molecular weight excluding hydrogens is 211 g/mol. The van der Waals surface area contributed by atoms with E-state index in [0.29, 0.717) is 5.92 Å². The highest BCUT2D eigenvalue weighted by molar-refractivity contribution is 5.67. The third-order valence-corrected chi connectivity index (χ3v) is 2.38. The SMILES string of the molecule is CC1CCC(NC(=O)OCC(F)(F)F)C1. The van der Waals surface area contributed by atoms with Gasteiger partial charge in [-0.2, -0.15) is 13.2 Å². The van der Waals surface area contributed by atoms with Crippen LogP contribution in [0.4, 0.5) is 18.0 Å². The van der Waals surface area contributed by atoms with Crippen molar-refractivity contribution in [1.29, 1.82) is 0 Å². The van der Waals surface area contributed by atoms with Crippen LogP contribution in [-0.4, -0.2) is 24.9 Å². The summed E-state index contributed by atoms with van der Waals surface area (Å²) in [6.07, 6.45) is -2.83. The Morgan fingerprint density at radius 3 is 2.60 bits per heavy atom. The van der Waals surface area contributed by atoms with Gasteiger partial charge < -0.3 is 10.1 Å². The van der Waals surface area contributed by atoms with E-state index in [9.17, 15) is 18.0 Å². The van der Waals surface area contributed by atoms with Crippen molar-refractivity contribution in [3.8, 4) is 0 Å². The van der Waals surface area contributed by atoms with E-state index >= 15 is 0 Å². The van der Waals surface area contributed by atoms with Crippen molar-refractivity contribution in [2.75, 3.05) is 6.61 Å². The molecule has 0 aromatic heterocycles. The maximum Gasteiger partial charge on any atom is 0.422 e. The summed E-state index contributed by atoms with van der Waals surface area (Å²) in [5, 5.41) is 2.42. The molecule has 0 aromatic carbocycles. The van der Waals surface area contributed by atoms with Gasteiger partial charge in [-0.05, 0) is 25.2 Å². The highest BCUT2D eigenvalue weighted by Gasteiger charge is 2.30. The second-order valence-electron chi connectivity index (χ2n) is 3.95. The van der Waals surface area contributed by atoms with Crippen LogP contribution in [0.25, 0.3) is 0 Å². The molecule has 3 nitrogen and oxygen atoms in total. The first-order valence-corrected chi connectivity index (χ1v) is 4.87. The van der Waals surface area contributed by atoms with E-state index in [-0.39, 0.29) is 6.04 Å². The fraction of sp³-hybridized carbons (Fsp3) is 0.889. The predicted molar refractivity (Wildman–Crippen MR) is 47.3 cm³/mol. The van der Waals surface area contributed by atoms with E-state index in [2.05, 4.69) is 10.1 Å². The van der Waals surface area contributed by atoms with Crippen LogP contribution in [0.5, 0.6) is 0 Å². The molecule has 1 aliphatic carbocycles. The first-order chi connectivity index (χ1) is 6.87. The summed E-state index contributed by atoms with van der Waals surface area (Å²) >= 11 is 0. The van der Waals surface area contributed by atoms with Gasteiger partial charge in [0, 0.05) is 6.04 Å². The summed E-state index contributed by atoms with van der Waals surface area (Å²) in [5.41, 5.74) is 0. The van der Waals surface area contributed by atoms with Crippen LogP contribution in [0.3, 0.4) is 0 Å². The number of nitrogens with one attached hydrogen (secondary N) is 1. The zero-order valence-electron chi connectivity index (χ0n) is 8.43. The number of rotatable bonds is 2. The Morgan fingerprint density at radius 1 is 1.47 bits per heavy atom. The largest absolute Gasteiger partial charge is 0.440 e. The summed E-state index contributed by atoms with van der Waals surface area (Å²) in [4.78, 5) is 10.9. The highest BCUT2D eigenvalue weighted by atomic mass is 19.4. The third kappa shape index (κ3) is 4.90. The molecule has 1 rings (SSSR count). The Hall–Kier alpha value is -0.940. The van der Waals surface area contributed by atoms with Gasteiger partial charge in [0.25, 0.3) is 0 Å². The zero-order valence-corrected chi connectivity index (χ0v) is 8.43. The normalized spacial score (nSPS) is 26.4. The number of amides is 1. The van der Waals surface area contributed by atoms with E-state index in [1.807, 2.05) is 6.92 Å². The second-order valence-corrected chi connectivity index (χ2v) is 3.95. The Bertz CT molecular complexity index is 230. The van der Waals surface area contributed by atoms with Crippen LogP contribution < -0.4 is 5.32 Å². The molecule has 0 heterocycles. The molecule has 2 atom stereocenters. The van der Waals surface area contributed by atoms with Crippen molar-refractivity contribution in [2.24, 2.45) is 5.92 Å². The van der Waals surface area contributed by atoms with E-state index < -0.39 is 18.9 Å². The molecule has 0 saturated heterocycles. The van der Waals surface area contributed by atoms with Crippen LogP contribution in [0.15, 0.2) is 0 Å². The molecular formula is C9H14F3NO2. The number of alkyl carbamates (subject to hydrolysis) is 1. The summed E-state index contributed by atoms with van der Waals surface area (Å²) in [7, 11) is 0. The van der Waals surface area contributed by atoms with Crippen LogP contribution in [0.1, 0.15) is 26.2 Å². The minimum atomic E-state index is -4.46. The molecule has 15 heavy (non-hydrogen) atoms. The van der Waals surface area contributed by atoms with Crippen molar-refractivity contribution >= 4 is 6.09 Å². The molecule has 0 aromatic rings. The lowest BCUT2D eigenvalue weighted by Crippen LogP contribution is -2.35. The van der Waals surface area contributed by atoms with E-state index in [1.54, 1.807) is 0 Å². The van der Waals surface area contributed by atoms with Gasteiger partial charge in [0.2, 0.25) is 0 Å². The van der Waals surface area contributed by atoms with Gasteiger partial charge in [-0.15, -0.1) is 0 Å². The fourth-order valence-electron chi connectivity index (χ4n) is 1.69. The average molecular weight is 225 g/mol. The smallest absolute Gasteiger partial charge is 0.422 e. The van der Waals surface area contributed by atoms with E-state index in [4.69, 9.17) is 0 Å². The average Bonchev–Trinajstić information content (AvgIpc) is 2.47. The van der Waals surface area contributed by atoms with Crippen molar-refractivity contribution in [3.63, 3.8) is 0 Å². The Morgan fingerprint density at radius 2 is 2.13 bits per heavy atom. The third-order valence-electron chi connectivity index (χ3n) is 2.38. The molecule has 2 unspecified atom stereocenters. The number of hydrogen-bond acceptors (Lipinski definition) is 2. The lowest BCUT2D eigenvalue weighted by Gasteiger charge is -2.13. The van der Waals surface area contributed by atoms with Gasteiger partial charge in [-0.1, -0.05) is 6.92 Å². The van der Waals surface area contributed by atoms with Crippen molar-refractivity contribution in [3.05, 3.63) is 0 Å². The molecule has 0 spiro atoms. The molecule has 1 N–H and O–H groups in total. The van der Waals surface area contributed by atoms with Crippen molar-refractivity contribution in [1.82, 2.24) is 5.32 Å². The van der Waals surface area contributed by atoms with E-state index in [0.717, 1.165) is 19.3 Å². The number of halogens is 3. The monoisotopic (exact) mass is 225 g/mol. The van der Waals surface area contributed by atoms with Crippen LogP contribution in [0.2, 0.25) is 0 Å². The van der Waals surface area contributed by atoms with Gasteiger partial charge in [0.05, 0.1) is 0 Å². The Labute approximate surface area is 86.0 Å². The van der Waals surface area contributed by atoms with Gasteiger partial charge in [-0.3, -0.25) is 0 Å². The summed E-state index contributed by atoms with van der Waals surface area (Å²) < 4.78 is 39.1. The van der Waals surface area contributed by atoms with Crippen LogP contribution in [-0.2, 0) is 4.74 Å². The highest BCUT2D eigenvalue weighted by Crippen LogP contribution is 2.24. The first-order valence-electron chi connectivity index (χ1n) is 4.87. The fourth-order valence-corrected chi connectivity index (χ4v) is 1.69. The number of carbonyl (C=O) groups excluding carboxylic acids is 1.